The molecule has 192 valence electrons. The van der Waals surface area contributed by atoms with Crippen LogP contribution in [-0.4, -0.2) is 57.1 Å². The lowest BCUT2D eigenvalue weighted by atomic mass is 9.88. The van der Waals surface area contributed by atoms with Gasteiger partial charge in [0.05, 0.1) is 23.3 Å². The van der Waals surface area contributed by atoms with Gasteiger partial charge in [-0.2, -0.15) is 27.1 Å². The van der Waals surface area contributed by atoms with Crippen molar-refractivity contribution in [1.82, 2.24) is 24.5 Å². The van der Waals surface area contributed by atoms with Gasteiger partial charge in [-0.3, -0.25) is 14.3 Å². The van der Waals surface area contributed by atoms with E-state index in [9.17, 15) is 31.5 Å². The van der Waals surface area contributed by atoms with Crippen LogP contribution in [0.2, 0.25) is 5.15 Å². The highest BCUT2D eigenvalue weighted by Crippen LogP contribution is 2.50. The number of ether oxygens (including phenoxy) is 1. The van der Waals surface area contributed by atoms with E-state index >= 15 is 0 Å². The third kappa shape index (κ3) is 3.82. The van der Waals surface area contributed by atoms with E-state index in [2.05, 4.69) is 20.7 Å². The number of amides is 2. The van der Waals surface area contributed by atoms with Gasteiger partial charge in [-0.25, -0.2) is 14.3 Å². The van der Waals surface area contributed by atoms with E-state index in [-0.39, 0.29) is 32.4 Å². The molecule has 2 aliphatic rings. The van der Waals surface area contributed by atoms with E-state index in [0.29, 0.717) is 19.3 Å². The fourth-order valence-electron chi connectivity index (χ4n) is 4.08. The number of halogens is 6. The Labute approximate surface area is 203 Å². The highest BCUT2D eigenvalue weighted by molar-refractivity contribution is 6.29. The van der Waals surface area contributed by atoms with Gasteiger partial charge in [0.2, 0.25) is 0 Å². The number of carbonyl (C=O) groups is 1. The Kier molecular flexibility index (Phi) is 5.59. The van der Waals surface area contributed by atoms with Crippen LogP contribution < -0.4 is 25.8 Å². The second-order valence-corrected chi connectivity index (χ2v) is 8.94. The van der Waals surface area contributed by atoms with Crippen molar-refractivity contribution in [3.05, 3.63) is 45.7 Å². The van der Waals surface area contributed by atoms with Crippen LogP contribution >= 0.6 is 11.6 Å². The molecule has 16 heteroatoms. The molecule has 0 aromatic carbocycles. The van der Waals surface area contributed by atoms with Crippen LogP contribution in [0.4, 0.5) is 38.1 Å². The number of hydrogen-bond donors (Lipinski definition) is 2. The van der Waals surface area contributed by atoms with Gasteiger partial charge < -0.3 is 15.4 Å². The molecule has 2 aliphatic heterocycles. The quantitative estimate of drug-likeness (QED) is 0.499. The van der Waals surface area contributed by atoms with Gasteiger partial charge in [0, 0.05) is 38.0 Å². The van der Waals surface area contributed by atoms with E-state index in [1.54, 1.807) is 0 Å². The van der Waals surface area contributed by atoms with Crippen LogP contribution in [-0.2, 0) is 5.41 Å². The molecule has 2 N–H and O–H groups in total. The molecule has 0 saturated carbocycles. The number of rotatable bonds is 4. The molecule has 0 bridgehead atoms. The van der Waals surface area contributed by atoms with Crippen molar-refractivity contribution in [1.29, 1.82) is 0 Å². The van der Waals surface area contributed by atoms with E-state index < -0.39 is 48.1 Å². The first-order valence-electron chi connectivity index (χ1n) is 10.5. The number of urea groups is 1. The molecule has 3 aromatic rings. The number of nitrogens with zero attached hydrogens (tertiary/aromatic N) is 5. The van der Waals surface area contributed by atoms with Crippen molar-refractivity contribution in [2.24, 2.45) is 0 Å². The standard InChI is InChI=1S/C20H17ClF5N7O3/c1-19(20(24,25)26)8-32(11-6-28-14-3-13(21)30-33(14)15(11)19)18(35)29-9-2-12(36-10-4-27-5-10)16(34)31(7-9)17(22)23/h2-3,6-7,10,17,27H,4-5,8H2,1H3,(H,29,35)/t19-/m1/s1. The Balaban J connectivity index is 1.53. The maximum absolute atomic E-state index is 14.2. The molecule has 3 aromatic heterocycles. The van der Waals surface area contributed by atoms with E-state index in [0.717, 1.165) is 28.6 Å². The molecule has 0 unspecified atom stereocenters. The number of alkyl halides is 5. The Hall–Kier alpha value is -3.46. The van der Waals surface area contributed by atoms with Crippen molar-refractivity contribution in [2.45, 2.75) is 31.2 Å². The zero-order valence-electron chi connectivity index (χ0n) is 18.3. The molecular weight excluding hydrogens is 517 g/mol. The summed E-state index contributed by atoms with van der Waals surface area (Å²) in [7, 11) is 0. The van der Waals surface area contributed by atoms with Gasteiger partial charge in [0.1, 0.15) is 11.5 Å². The molecule has 1 atom stereocenters. The average Bonchev–Trinajstić information content (AvgIpc) is 3.29. The monoisotopic (exact) mass is 533 g/mol. The van der Waals surface area contributed by atoms with Gasteiger partial charge in [0.25, 0.3) is 5.56 Å². The van der Waals surface area contributed by atoms with Crippen molar-refractivity contribution in [2.75, 3.05) is 29.9 Å². The van der Waals surface area contributed by atoms with Crippen LogP contribution in [0.1, 0.15) is 19.2 Å². The number of nitrogens with one attached hydrogen (secondary N) is 2. The zero-order chi connectivity index (χ0) is 26.0. The highest BCUT2D eigenvalue weighted by Gasteiger charge is 2.60. The fourth-order valence-corrected chi connectivity index (χ4v) is 4.25. The van der Waals surface area contributed by atoms with Gasteiger partial charge in [-0.05, 0) is 6.92 Å². The van der Waals surface area contributed by atoms with Crippen molar-refractivity contribution >= 4 is 34.7 Å². The Morgan fingerprint density at radius 1 is 1.33 bits per heavy atom. The third-order valence-electron chi connectivity index (χ3n) is 6.10. The summed E-state index contributed by atoms with van der Waals surface area (Å²) in [6, 6.07) is 1.25. The van der Waals surface area contributed by atoms with Crippen molar-refractivity contribution in [3.8, 4) is 5.75 Å². The average molecular weight is 534 g/mol. The molecule has 1 saturated heterocycles. The molecular formula is C20H17ClF5N7O3. The van der Waals surface area contributed by atoms with Gasteiger partial charge in [0.15, 0.2) is 16.5 Å². The molecule has 36 heavy (non-hydrogen) atoms. The number of carbonyl (C=O) groups excluding carboxylic acids is 1. The number of aromatic nitrogens is 4. The summed E-state index contributed by atoms with van der Waals surface area (Å²) in [6.45, 7) is -2.40. The summed E-state index contributed by atoms with van der Waals surface area (Å²) in [5.41, 5.74) is -4.45. The van der Waals surface area contributed by atoms with Crippen LogP contribution in [0.5, 0.6) is 5.75 Å². The first-order chi connectivity index (χ1) is 16.9. The highest BCUT2D eigenvalue weighted by atomic mass is 35.5. The molecule has 0 radical (unpaired) electrons. The summed E-state index contributed by atoms with van der Waals surface area (Å²) >= 11 is 5.87. The SMILES string of the molecule is C[C@@]1(C(F)(F)F)CN(C(=O)Nc2cc(OC3CNC3)c(=O)n(C(F)F)c2)c2cnc3cc(Cl)nn3c21. The Morgan fingerprint density at radius 2 is 2.06 bits per heavy atom. The normalized spacial score (nSPS) is 20.1. The van der Waals surface area contributed by atoms with Crippen molar-refractivity contribution < 1.29 is 31.5 Å². The fraction of sp³-hybridized carbons (Fsp3) is 0.400. The summed E-state index contributed by atoms with van der Waals surface area (Å²) in [6.07, 6.45) is -3.46. The minimum Gasteiger partial charge on any atom is -0.482 e. The largest absolute Gasteiger partial charge is 0.482 e. The second kappa shape index (κ2) is 8.30. The molecule has 5 heterocycles. The topological polar surface area (TPSA) is 106 Å². The minimum atomic E-state index is -4.80. The maximum Gasteiger partial charge on any atom is 0.401 e. The van der Waals surface area contributed by atoms with E-state index in [1.165, 1.54) is 6.07 Å². The number of anilines is 2. The zero-order valence-corrected chi connectivity index (χ0v) is 19.1. The predicted octanol–water partition coefficient (Wildman–Crippen LogP) is 3.16. The van der Waals surface area contributed by atoms with Gasteiger partial charge >= 0.3 is 18.8 Å². The number of hydrogen-bond acceptors (Lipinski definition) is 6. The Bertz CT molecular complexity index is 1420. The number of pyridine rings is 1. The van der Waals surface area contributed by atoms with Gasteiger partial charge in [-0.1, -0.05) is 11.6 Å². The lowest BCUT2D eigenvalue weighted by Crippen LogP contribution is -2.51. The van der Waals surface area contributed by atoms with Crippen LogP contribution in [0.3, 0.4) is 0 Å². The van der Waals surface area contributed by atoms with Crippen LogP contribution in [0.25, 0.3) is 5.65 Å². The second-order valence-electron chi connectivity index (χ2n) is 8.56. The van der Waals surface area contributed by atoms with Gasteiger partial charge in [-0.15, -0.1) is 0 Å². The summed E-state index contributed by atoms with van der Waals surface area (Å²) < 4.78 is 76.0. The maximum atomic E-state index is 14.2. The van der Waals surface area contributed by atoms with E-state index in [4.69, 9.17) is 16.3 Å². The first kappa shape index (κ1) is 24.2. The van der Waals surface area contributed by atoms with Crippen LogP contribution in [0.15, 0.2) is 29.3 Å². The molecule has 5 rings (SSSR count). The lowest BCUT2D eigenvalue weighted by Gasteiger charge is -2.28. The lowest BCUT2D eigenvalue weighted by molar-refractivity contribution is -0.181. The molecule has 0 spiro atoms. The van der Waals surface area contributed by atoms with Crippen molar-refractivity contribution in [3.63, 3.8) is 0 Å². The Morgan fingerprint density at radius 3 is 2.67 bits per heavy atom. The molecule has 1 fully saturated rings. The number of fused-ring (bicyclic) bond motifs is 3. The predicted molar refractivity (Wildman–Crippen MR) is 117 cm³/mol. The first-order valence-corrected chi connectivity index (χ1v) is 10.9. The summed E-state index contributed by atoms with van der Waals surface area (Å²) in [5, 5.41) is 8.97. The van der Waals surface area contributed by atoms with E-state index in [1.807, 2.05) is 0 Å². The molecule has 10 nitrogen and oxygen atoms in total. The molecule has 2 amide bonds. The summed E-state index contributed by atoms with van der Waals surface area (Å²) in [5.74, 6) is -0.434. The molecule has 0 aliphatic carbocycles. The summed E-state index contributed by atoms with van der Waals surface area (Å²) in [4.78, 5) is 30.3. The smallest absolute Gasteiger partial charge is 0.401 e. The minimum absolute atomic E-state index is 0.0489. The van der Waals surface area contributed by atoms with Crippen LogP contribution in [0, 0.1) is 0 Å². The third-order valence-corrected chi connectivity index (χ3v) is 6.29.